The summed E-state index contributed by atoms with van der Waals surface area (Å²) in [4.78, 5) is 11.6. The van der Waals surface area contributed by atoms with Crippen molar-refractivity contribution in [3.63, 3.8) is 0 Å². The molecule has 0 spiro atoms. The van der Waals surface area contributed by atoms with Crippen LogP contribution in [0.1, 0.15) is 18.5 Å². The molecule has 0 aliphatic heterocycles. The lowest BCUT2D eigenvalue weighted by Crippen LogP contribution is -2.40. The Morgan fingerprint density at radius 3 is 2.68 bits per heavy atom. The number of halogens is 1. The molecule has 0 radical (unpaired) electrons. The number of amides is 2. The predicted octanol–water partition coefficient (Wildman–Crippen LogP) is 1.71. The first-order valence-corrected chi connectivity index (χ1v) is 6.53. The van der Waals surface area contributed by atoms with E-state index in [2.05, 4.69) is 10.6 Å². The molecular weight excluding hydrogens is 268 g/mol. The molecule has 5 nitrogen and oxygen atoms in total. The highest BCUT2D eigenvalue weighted by atomic mass is 35.5. The molecule has 1 atom stereocenters. The highest BCUT2D eigenvalue weighted by Gasteiger charge is 2.12. The molecule has 0 aliphatic rings. The number of ether oxygens (including phenoxy) is 1. The highest BCUT2D eigenvalue weighted by Crippen LogP contribution is 2.15. The Kier molecular flexibility index (Phi) is 7.25. The van der Waals surface area contributed by atoms with Crippen molar-refractivity contribution in [2.45, 2.75) is 13.0 Å². The van der Waals surface area contributed by atoms with Gasteiger partial charge in [-0.1, -0.05) is 23.7 Å². The molecule has 0 saturated heterocycles. The summed E-state index contributed by atoms with van der Waals surface area (Å²) in [7, 11) is 0. The summed E-state index contributed by atoms with van der Waals surface area (Å²) in [5.41, 5.74) is 0.798. The van der Waals surface area contributed by atoms with Crippen molar-refractivity contribution in [3.05, 3.63) is 34.9 Å². The lowest BCUT2D eigenvalue weighted by Gasteiger charge is -2.17. The molecule has 0 bridgehead atoms. The highest BCUT2D eigenvalue weighted by molar-refractivity contribution is 6.30. The van der Waals surface area contributed by atoms with Gasteiger partial charge in [-0.25, -0.2) is 4.79 Å². The van der Waals surface area contributed by atoms with Crippen LogP contribution in [0.2, 0.25) is 5.02 Å². The van der Waals surface area contributed by atoms with Gasteiger partial charge in [0.2, 0.25) is 0 Å². The van der Waals surface area contributed by atoms with Crippen LogP contribution in [0, 0.1) is 0 Å². The van der Waals surface area contributed by atoms with Gasteiger partial charge in [0.15, 0.2) is 0 Å². The molecule has 0 fully saturated rings. The maximum Gasteiger partial charge on any atom is 0.315 e. The van der Waals surface area contributed by atoms with Gasteiger partial charge >= 0.3 is 6.03 Å². The van der Waals surface area contributed by atoms with Crippen molar-refractivity contribution in [2.24, 2.45) is 0 Å². The minimum atomic E-state index is -0.454. The summed E-state index contributed by atoms with van der Waals surface area (Å²) in [5, 5.41) is 15.3. The van der Waals surface area contributed by atoms with E-state index in [-0.39, 0.29) is 12.6 Å². The Labute approximate surface area is 117 Å². The molecule has 1 rings (SSSR count). The van der Waals surface area contributed by atoms with E-state index in [4.69, 9.17) is 16.3 Å². The monoisotopic (exact) mass is 286 g/mol. The zero-order valence-electron chi connectivity index (χ0n) is 10.9. The molecule has 2 amide bonds. The fourth-order valence-corrected chi connectivity index (χ4v) is 1.65. The first kappa shape index (κ1) is 15.8. The summed E-state index contributed by atoms with van der Waals surface area (Å²) in [6.07, 6.45) is 0. The molecular formula is C13H19ClN2O3. The van der Waals surface area contributed by atoms with Crippen molar-refractivity contribution in [3.8, 4) is 0 Å². The molecule has 19 heavy (non-hydrogen) atoms. The molecule has 0 saturated carbocycles. The number of hydrogen-bond donors (Lipinski definition) is 3. The second-order valence-electron chi connectivity index (χ2n) is 3.88. The first-order valence-electron chi connectivity index (χ1n) is 6.15. The Morgan fingerprint density at radius 2 is 2.11 bits per heavy atom. The minimum absolute atomic E-state index is 0.180. The van der Waals surface area contributed by atoms with Crippen molar-refractivity contribution in [2.75, 3.05) is 26.4 Å². The Hall–Kier alpha value is -1.30. The van der Waals surface area contributed by atoms with Crippen LogP contribution in [-0.2, 0) is 4.74 Å². The lowest BCUT2D eigenvalue weighted by molar-refractivity contribution is 0.149. The summed E-state index contributed by atoms with van der Waals surface area (Å²) >= 11 is 5.79. The van der Waals surface area contributed by atoms with Crippen molar-refractivity contribution < 1.29 is 14.6 Å². The number of urea groups is 1. The van der Waals surface area contributed by atoms with Gasteiger partial charge < -0.3 is 20.5 Å². The largest absolute Gasteiger partial charge is 0.394 e. The van der Waals surface area contributed by atoms with E-state index in [0.717, 1.165) is 5.56 Å². The SMILES string of the molecule is CCOCCNC(=O)NC(CO)c1ccc(Cl)cc1. The van der Waals surface area contributed by atoms with Crippen LogP contribution < -0.4 is 10.6 Å². The third-order valence-electron chi connectivity index (χ3n) is 2.50. The van der Waals surface area contributed by atoms with E-state index in [0.29, 0.717) is 24.8 Å². The number of aliphatic hydroxyl groups is 1. The maximum absolute atomic E-state index is 11.6. The molecule has 0 aliphatic carbocycles. The standard InChI is InChI=1S/C13H19ClN2O3/c1-2-19-8-7-15-13(18)16-12(9-17)10-3-5-11(14)6-4-10/h3-6,12,17H,2,7-9H2,1H3,(H2,15,16,18). The zero-order chi connectivity index (χ0) is 14.1. The number of carbonyl (C=O) groups is 1. The van der Waals surface area contributed by atoms with Gasteiger partial charge in [0.1, 0.15) is 0 Å². The minimum Gasteiger partial charge on any atom is -0.394 e. The van der Waals surface area contributed by atoms with E-state index in [1.807, 2.05) is 6.92 Å². The normalized spacial score (nSPS) is 11.9. The van der Waals surface area contributed by atoms with Crippen molar-refractivity contribution in [1.29, 1.82) is 0 Å². The molecule has 1 aromatic rings. The number of benzene rings is 1. The number of hydrogen-bond acceptors (Lipinski definition) is 3. The van der Waals surface area contributed by atoms with E-state index < -0.39 is 6.04 Å². The van der Waals surface area contributed by atoms with Crippen LogP contribution in [0.15, 0.2) is 24.3 Å². The van der Waals surface area contributed by atoms with Crippen molar-refractivity contribution in [1.82, 2.24) is 10.6 Å². The van der Waals surface area contributed by atoms with Gasteiger partial charge in [-0.3, -0.25) is 0 Å². The van der Waals surface area contributed by atoms with E-state index >= 15 is 0 Å². The fraction of sp³-hybridized carbons (Fsp3) is 0.462. The summed E-state index contributed by atoms with van der Waals surface area (Å²) in [5.74, 6) is 0. The zero-order valence-corrected chi connectivity index (χ0v) is 11.6. The molecule has 1 unspecified atom stereocenters. The second-order valence-corrected chi connectivity index (χ2v) is 4.32. The van der Waals surface area contributed by atoms with Crippen LogP contribution in [0.5, 0.6) is 0 Å². The summed E-state index contributed by atoms with van der Waals surface area (Å²) in [6, 6.07) is 6.17. The molecule has 0 heterocycles. The smallest absolute Gasteiger partial charge is 0.315 e. The van der Waals surface area contributed by atoms with E-state index in [1.165, 1.54) is 0 Å². The average Bonchev–Trinajstić information content (AvgIpc) is 2.42. The fourth-order valence-electron chi connectivity index (χ4n) is 1.52. The van der Waals surface area contributed by atoms with Crippen LogP contribution >= 0.6 is 11.6 Å². The third kappa shape index (κ3) is 5.92. The number of rotatable bonds is 7. The lowest BCUT2D eigenvalue weighted by atomic mass is 10.1. The number of nitrogens with one attached hydrogen (secondary N) is 2. The van der Waals surface area contributed by atoms with Gasteiger partial charge in [-0.15, -0.1) is 0 Å². The van der Waals surface area contributed by atoms with Crippen LogP contribution in [-0.4, -0.2) is 37.5 Å². The van der Waals surface area contributed by atoms with Gasteiger partial charge in [-0.05, 0) is 24.6 Å². The third-order valence-corrected chi connectivity index (χ3v) is 2.75. The van der Waals surface area contributed by atoms with Gasteiger partial charge in [-0.2, -0.15) is 0 Å². The van der Waals surface area contributed by atoms with Gasteiger partial charge in [0.25, 0.3) is 0 Å². The quantitative estimate of drug-likeness (QED) is 0.668. The second kappa shape index (κ2) is 8.74. The van der Waals surface area contributed by atoms with E-state index in [1.54, 1.807) is 24.3 Å². The van der Waals surface area contributed by atoms with Gasteiger partial charge in [0.05, 0.1) is 19.3 Å². The number of carbonyl (C=O) groups excluding carboxylic acids is 1. The Balaban J connectivity index is 2.43. The topological polar surface area (TPSA) is 70.6 Å². The predicted molar refractivity (Wildman–Crippen MR) is 74.3 cm³/mol. The maximum atomic E-state index is 11.6. The molecule has 3 N–H and O–H groups in total. The summed E-state index contributed by atoms with van der Waals surface area (Å²) < 4.78 is 5.11. The molecule has 0 aromatic heterocycles. The Morgan fingerprint density at radius 1 is 1.42 bits per heavy atom. The Bertz CT molecular complexity index is 384. The average molecular weight is 287 g/mol. The van der Waals surface area contributed by atoms with Crippen LogP contribution in [0.3, 0.4) is 0 Å². The summed E-state index contributed by atoms with van der Waals surface area (Å²) in [6.45, 7) is 3.23. The first-order chi connectivity index (χ1) is 9.17. The molecule has 1 aromatic carbocycles. The van der Waals surface area contributed by atoms with Gasteiger partial charge in [0, 0.05) is 18.2 Å². The van der Waals surface area contributed by atoms with Crippen LogP contribution in [0.25, 0.3) is 0 Å². The van der Waals surface area contributed by atoms with E-state index in [9.17, 15) is 9.90 Å². The van der Waals surface area contributed by atoms with Crippen LogP contribution in [0.4, 0.5) is 4.79 Å². The molecule has 6 heteroatoms. The molecule has 106 valence electrons. The number of aliphatic hydroxyl groups excluding tert-OH is 1. The van der Waals surface area contributed by atoms with Crippen molar-refractivity contribution >= 4 is 17.6 Å².